The first-order chi connectivity index (χ1) is 29.9. The molecule has 0 N–H and O–H groups in total. The summed E-state index contributed by atoms with van der Waals surface area (Å²) >= 11 is 0. The molecule has 0 unspecified atom stereocenters. The lowest BCUT2D eigenvalue weighted by atomic mass is 9.93. The minimum absolute atomic E-state index is 0.178. The molecule has 2 aromatic heterocycles. The van der Waals surface area contributed by atoms with Gasteiger partial charge in [0.25, 0.3) is 0 Å². The smallest absolute Gasteiger partial charge is 0.0629 e. The van der Waals surface area contributed by atoms with E-state index in [-0.39, 0.29) is 29.7 Å². The summed E-state index contributed by atoms with van der Waals surface area (Å²) in [5.41, 5.74) is 13.4. The highest BCUT2D eigenvalue weighted by molar-refractivity contribution is 6.19. The molecule has 0 fully saturated rings. The number of nitrogens with zero attached hydrogens (tertiary/aromatic N) is 2. The quantitative estimate of drug-likeness (QED) is 0.162. The molecular weight excluding hydrogens is 677 g/mol. The number of rotatable bonds is 6. The first-order valence-electron chi connectivity index (χ1n) is 21.4. The molecule has 11 aromatic rings. The molecule has 0 amide bonds. The highest BCUT2D eigenvalue weighted by Crippen LogP contribution is 2.45. The summed E-state index contributed by atoms with van der Waals surface area (Å²) in [4.78, 5) is 0. The Morgan fingerprint density at radius 1 is 0.321 bits per heavy atom. The van der Waals surface area contributed by atoms with Crippen molar-refractivity contribution in [3.8, 4) is 55.9 Å². The van der Waals surface area contributed by atoms with Crippen molar-refractivity contribution < 1.29 is 6.85 Å². The fourth-order valence-corrected chi connectivity index (χ4v) is 8.67. The Morgan fingerprint density at radius 3 is 1.54 bits per heavy atom. The third-order valence-corrected chi connectivity index (χ3v) is 11.0. The summed E-state index contributed by atoms with van der Waals surface area (Å²) in [7, 11) is 0. The molecule has 0 aliphatic heterocycles. The van der Waals surface area contributed by atoms with Gasteiger partial charge in [0.15, 0.2) is 0 Å². The Hall–Kier alpha value is -7.42. The molecule has 0 radical (unpaired) electrons. The zero-order chi connectivity index (χ0) is 41.4. The second-order valence-corrected chi connectivity index (χ2v) is 14.1. The molecule has 0 spiro atoms. The number of fused-ring (bicyclic) bond motifs is 6. The van der Waals surface area contributed by atoms with Gasteiger partial charge >= 0.3 is 0 Å². The maximum Gasteiger partial charge on any atom is 0.0629 e. The van der Waals surface area contributed by atoms with Crippen molar-refractivity contribution in [2.75, 3.05) is 0 Å². The van der Waals surface area contributed by atoms with Gasteiger partial charge < -0.3 is 9.13 Å². The topological polar surface area (TPSA) is 9.86 Å². The van der Waals surface area contributed by atoms with Gasteiger partial charge in [-0.3, -0.25) is 0 Å². The summed E-state index contributed by atoms with van der Waals surface area (Å²) in [5, 5.41) is 4.63. The van der Waals surface area contributed by atoms with E-state index in [4.69, 9.17) is 6.85 Å². The largest absolute Gasteiger partial charge is 0.309 e. The van der Waals surface area contributed by atoms with Crippen LogP contribution in [-0.4, -0.2) is 9.13 Å². The maximum atomic E-state index is 8.79. The van der Waals surface area contributed by atoms with E-state index >= 15 is 0 Å². The molecule has 0 atom stereocenters. The molecule has 2 nitrogen and oxygen atoms in total. The van der Waals surface area contributed by atoms with Crippen LogP contribution in [-0.2, 0) is 0 Å². The van der Waals surface area contributed by atoms with Crippen molar-refractivity contribution in [1.82, 2.24) is 9.13 Å². The number of hydrogen-bond donors (Lipinski definition) is 0. The first-order valence-corrected chi connectivity index (χ1v) is 18.9. The predicted octanol–water partition coefficient (Wildman–Crippen LogP) is 14.5. The molecule has 0 saturated heterocycles. The molecule has 2 heterocycles. The van der Waals surface area contributed by atoms with E-state index in [1.54, 1.807) is 0 Å². The normalized spacial score (nSPS) is 12.8. The van der Waals surface area contributed by atoms with E-state index in [0.717, 1.165) is 66.5 Å². The first kappa shape index (κ1) is 27.2. The Balaban J connectivity index is 1.23. The van der Waals surface area contributed by atoms with Crippen molar-refractivity contribution in [3.05, 3.63) is 218 Å². The lowest BCUT2D eigenvalue weighted by Gasteiger charge is -2.20. The van der Waals surface area contributed by atoms with Crippen LogP contribution in [0.5, 0.6) is 0 Å². The van der Waals surface area contributed by atoms with Crippen LogP contribution in [0.15, 0.2) is 218 Å². The van der Waals surface area contributed by atoms with Gasteiger partial charge in [-0.15, -0.1) is 0 Å². The molecule has 56 heavy (non-hydrogen) atoms. The Morgan fingerprint density at radius 2 is 0.804 bits per heavy atom. The summed E-state index contributed by atoms with van der Waals surface area (Å²) in [5.74, 6) is 0. The molecular formula is C54H36N2. The van der Waals surface area contributed by atoms with Crippen molar-refractivity contribution >= 4 is 43.6 Å². The second-order valence-electron chi connectivity index (χ2n) is 14.1. The van der Waals surface area contributed by atoms with Crippen LogP contribution in [0.1, 0.15) is 6.85 Å². The molecule has 0 saturated carbocycles. The molecule has 11 rings (SSSR count). The van der Waals surface area contributed by atoms with Gasteiger partial charge in [0, 0.05) is 32.7 Å². The van der Waals surface area contributed by atoms with Crippen LogP contribution in [0.2, 0.25) is 0 Å². The molecule has 0 aliphatic rings. The minimum atomic E-state index is -0.406. The van der Waals surface area contributed by atoms with E-state index in [0.29, 0.717) is 5.56 Å². The van der Waals surface area contributed by atoms with Gasteiger partial charge in [0.1, 0.15) is 0 Å². The van der Waals surface area contributed by atoms with Gasteiger partial charge in [-0.2, -0.15) is 0 Å². The summed E-state index contributed by atoms with van der Waals surface area (Å²) in [6.45, 7) is 0. The molecule has 262 valence electrons. The molecule has 2 heteroatoms. The molecule has 0 bridgehead atoms. The van der Waals surface area contributed by atoms with Crippen LogP contribution in [0.25, 0.3) is 99.5 Å². The predicted molar refractivity (Wildman–Crippen MR) is 237 cm³/mol. The highest BCUT2D eigenvalue weighted by atomic mass is 15.0. The summed E-state index contributed by atoms with van der Waals surface area (Å²) in [6, 6.07) is 64.0. The third kappa shape index (κ3) is 5.04. The van der Waals surface area contributed by atoms with Gasteiger partial charge in [-0.05, 0) is 69.8 Å². The van der Waals surface area contributed by atoms with Crippen molar-refractivity contribution in [2.45, 2.75) is 0 Å². The van der Waals surface area contributed by atoms with Gasteiger partial charge in [-0.25, -0.2) is 0 Å². The van der Waals surface area contributed by atoms with Crippen molar-refractivity contribution in [2.24, 2.45) is 0 Å². The molecule has 9 aromatic carbocycles. The SMILES string of the molecule is [2H]c1c([2H])c([2H])c(-c2cccc(-c3cccc(-c4ccccc4)c3-n3c4ccccc4c4c(-n5c6ccccc6c6c(-c7ccccc7)cccc65)cccc43)c2)c([2H])c1[2H]. The van der Waals surface area contributed by atoms with E-state index in [1.807, 2.05) is 30.3 Å². The number of benzene rings is 9. The second kappa shape index (κ2) is 13.2. The Kier molecular flexibility index (Phi) is 6.39. The fraction of sp³-hybridized carbons (Fsp3) is 0. The zero-order valence-electron chi connectivity index (χ0n) is 35.3. The van der Waals surface area contributed by atoms with E-state index < -0.39 is 6.04 Å². The number of aromatic nitrogens is 2. The number of para-hydroxylation sites is 3. The van der Waals surface area contributed by atoms with Crippen LogP contribution >= 0.6 is 0 Å². The standard InChI is InChI=1S/C54H36N2/c1-4-18-37(19-5-1)40-24-14-25-41(36-40)44-30-15-29-43(39-22-8-3-9-23-39)54(44)56-48-32-13-11-27-46(48)53-50(34-17-35-51(53)56)55-47-31-12-10-26-45(47)52-42(28-16-33-49(52)55)38-20-6-2-7-21-38/h1-36H/i1D,4D,5D,18D,19D. The maximum absolute atomic E-state index is 8.79. The lowest BCUT2D eigenvalue weighted by molar-refractivity contribution is 1.17. The summed E-state index contributed by atoms with van der Waals surface area (Å²) < 4.78 is 47.4. The van der Waals surface area contributed by atoms with E-state index in [2.05, 4.69) is 167 Å². The Labute approximate surface area is 332 Å². The van der Waals surface area contributed by atoms with Crippen molar-refractivity contribution in [3.63, 3.8) is 0 Å². The monoisotopic (exact) mass is 717 g/mol. The Bertz CT molecular complexity index is 3500. The van der Waals surface area contributed by atoms with Gasteiger partial charge in [-0.1, -0.05) is 182 Å². The van der Waals surface area contributed by atoms with Crippen LogP contribution in [0.4, 0.5) is 0 Å². The van der Waals surface area contributed by atoms with Gasteiger partial charge in [0.2, 0.25) is 0 Å². The lowest BCUT2D eigenvalue weighted by Crippen LogP contribution is -2.01. The van der Waals surface area contributed by atoms with E-state index in [1.165, 1.54) is 21.9 Å². The molecule has 0 aliphatic carbocycles. The van der Waals surface area contributed by atoms with Crippen molar-refractivity contribution in [1.29, 1.82) is 0 Å². The van der Waals surface area contributed by atoms with Gasteiger partial charge in [0.05, 0.1) is 40.3 Å². The van der Waals surface area contributed by atoms with Crippen LogP contribution in [0.3, 0.4) is 0 Å². The number of hydrogen-bond acceptors (Lipinski definition) is 0. The highest BCUT2D eigenvalue weighted by Gasteiger charge is 2.23. The summed E-state index contributed by atoms with van der Waals surface area (Å²) in [6.07, 6.45) is 0. The average Bonchev–Trinajstić information content (AvgIpc) is 3.84. The van der Waals surface area contributed by atoms with Crippen LogP contribution < -0.4 is 0 Å². The van der Waals surface area contributed by atoms with E-state index in [9.17, 15) is 0 Å². The fourth-order valence-electron chi connectivity index (χ4n) is 8.67. The zero-order valence-corrected chi connectivity index (χ0v) is 30.3. The minimum Gasteiger partial charge on any atom is -0.309 e. The van der Waals surface area contributed by atoms with Crippen LogP contribution in [0, 0.1) is 0 Å². The third-order valence-electron chi connectivity index (χ3n) is 11.0. The average molecular weight is 718 g/mol.